The zero-order valence-corrected chi connectivity index (χ0v) is 24.4. The molecule has 0 saturated carbocycles. The number of thioether (sulfide) groups is 1. The monoisotopic (exact) mass is 638 g/mol. The van der Waals surface area contributed by atoms with Gasteiger partial charge in [-0.1, -0.05) is 10.3 Å². The van der Waals surface area contributed by atoms with Crippen LogP contribution in [0.15, 0.2) is 32.3 Å². The van der Waals surface area contributed by atoms with Crippen molar-refractivity contribution in [3.63, 3.8) is 0 Å². The van der Waals surface area contributed by atoms with Gasteiger partial charge in [0.25, 0.3) is 17.7 Å². The van der Waals surface area contributed by atoms with E-state index in [2.05, 4.69) is 30.9 Å². The Morgan fingerprint density at radius 2 is 1.74 bits per heavy atom. The third-order valence-corrected chi connectivity index (χ3v) is 8.28. The van der Waals surface area contributed by atoms with Gasteiger partial charge in [-0.05, 0) is 0 Å². The summed E-state index contributed by atoms with van der Waals surface area (Å²) in [7, 11) is 2.46. The number of fused-ring (bicyclic) bond motifs is 1. The van der Waals surface area contributed by atoms with Crippen LogP contribution in [0.1, 0.15) is 18.3 Å². The molecule has 0 unspecified atom stereocenters. The number of carbonyl (C=O) groups is 5. The first kappa shape index (κ1) is 30.4. The normalized spacial score (nSPS) is 18.5. The molecule has 2 aliphatic heterocycles. The number of carbonyl (C=O) groups excluding carboxylic acids is 4. The number of esters is 1. The molecule has 222 valence electrons. The molecule has 0 spiro atoms. The average Bonchev–Trinajstić information content (AvgIpc) is 3.59. The number of hydrogen-bond donors (Lipinski definition) is 4. The highest BCUT2D eigenvalue weighted by Gasteiger charge is 2.54. The van der Waals surface area contributed by atoms with E-state index in [1.54, 1.807) is 0 Å². The molecule has 20 heteroatoms. The smallest absolute Gasteiger partial charge is 0.352 e. The maximum absolute atomic E-state index is 13.2. The van der Waals surface area contributed by atoms with Crippen LogP contribution in [0.2, 0.25) is 0 Å². The highest BCUT2D eigenvalue weighted by molar-refractivity contribution is 8.00. The van der Waals surface area contributed by atoms with Crippen LogP contribution in [-0.4, -0.2) is 99.1 Å². The van der Waals surface area contributed by atoms with E-state index in [9.17, 15) is 29.1 Å². The second-order valence-electron chi connectivity index (χ2n) is 8.21. The van der Waals surface area contributed by atoms with Crippen LogP contribution in [0, 0.1) is 0 Å². The van der Waals surface area contributed by atoms with Gasteiger partial charge in [0.15, 0.2) is 21.7 Å². The van der Waals surface area contributed by atoms with Crippen LogP contribution in [0.3, 0.4) is 0 Å². The van der Waals surface area contributed by atoms with E-state index in [1.165, 1.54) is 43.7 Å². The Balaban J connectivity index is 1.46. The zero-order chi connectivity index (χ0) is 30.6. The number of nitrogens with one attached hydrogen (secondary N) is 2. The summed E-state index contributed by atoms with van der Waals surface area (Å²) >= 11 is 3.27. The maximum atomic E-state index is 13.2. The second-order valence-corrected chi connectivity index (χ2v) is 11.1. The molecule has 2 aromatic heterocycles. The fourth-order valence-electron chi connectivity index (χ4n) is 3.78. The summed E-state index contributed by atoms with van der Waals surface area (Å²) in [6, 6.07) is -1.08. The molecule has 2 aromatic rings. The number of hydrogen-bond acceptors (Lipinski definition) is 16. The number of amides is 3. The highest BCUT2D eigenvalue weighted by atomic mass is 32.2. The number of nitrogen functional groups attached to an aromatic ring is 1. The third-order valence-electron chi connectivity index (χ3n) is 5.51. The fraction of sp³-hybridized carbons (Fsp3) is 0.318. The number of aromatic nitrogens is 2. The minimum Gasteiger partial charge on any atom is -0.477 e. The molecule has 0 bridgehead atoms. The first-order chi connectivity index (χ1) is 20.0. The van der Waals surface area contributed by atoms with E-state index < -0.39 is 41.1 Å². The second kappa shape index (κ2) is 13.0. The van der Waals surface area contributed by atoms with Crippen LogP contribution in [-0.2, 0) is 38.4 Å². The van der Waals surface area contributed by atoms with Gasteiger partial charge in [0.1, 0.15) is 49.3 Å². The summed E-state index contributed by atoms with van der Waals surface area (Å²) in [6.45, 7) is 0.909. The van der Waals surface area contributed by atoms with Crippen molar-refractivity contribution >= 4 is 85.8 Å². The van der Waals surface area contributed by atoms with Gasteiger partial charge in [-0.15, -0.1) is 34.4 Å². The molecular formula is C22H22N8O9S3. The van der Waals surface area contributed by atoms with Gasteiger partial charge in [0.05, 0.1) is 0 Å². The number of carboxylic acids is 1. The first-order valence-electron chi connectivity index (χ1n) is 11.6. The van der Waals surface area contributed by atoms with Gasteiger partial charge < -0.3 is 30.6 Å². The van der Waals surface area contributed by atoms with Gasteiger partial charge >= 0.3 is 11.9 Å². The minimum absolute atomic E-state index is 0.0208. The average molecular weight is 639 g/mol. The summed E-state index contributed by atoms with van der Waals surface area (Å²) in [5.74, 6) is -4.01. The Bertz CT molecular complexity index is 1530. The molecule has 1 fully saturated rings. The molecule has 3 amide bonds. The molecule has 0 aliphatic carbocycles. The number of thiazole rings is 2. The van der Waals surface area contributed by atoms with Crippen molar-refractivity contribution in [3.05, 3.63) is 33.4 Å². The number of nitrogens with zero attached hydrogens (tertiary/aromatic N) is 5. The predicted molar refractivity (Wildman–Crippen MR) is 151 cm³/mol. The SMILES string of the molecule is CO/N=C(/C(=O)Nc1nc(/C(=N\OC)C(=O)N[C@@H]2C(=O)N3C(C(=O)O)=C(COC(C)=O)CS[C@H]23)cs1)c1csc(N)n1. The molecule has 0 radical (unpaired) electrons. The van der Waals surface area contributed by atoms with E-state index in [0.29, 0.717) is 0 Å². The van der Waals surface area contributed by atoms with E-state index in [0.717, 1.165) is 27.6 Å². The fourth-order valence-corrected chi connectivity index (χ4v) is 6.34. The summed E-state index contributed by atoms with van der Waals surface area (Å²) in [6.07, 6.45) is 0. The molecule has 42 heavy (non-hydrogen) atoms. The summed E-state index contributed by atoms with van der Waals surface area (Å²) < 4.78 is 4.91. The predicted octanol–water partition coefficient (Wildman–Crippen LogP) is -0.177. The van der Waals surface area contributed by atoms with Crippen molar-refractivity contribution in [3.8, 4) is 0 Å². The van der Waals surface area contributed by atoms with Crippen molar-refractivity contribution < 1.29 is 43.5 Å². The summed E-state index contributed by atoms with van der Waals surface area (Å²) in [5.41, 5.74) is 5.35. The minimum atomic E-state index is -1.36. The van der Waals surface area contributed by atoms with Crippen LogP contribution >= 0.6 is 34.4 Å². The van der Waals surface area contributed by atoms with Crippen LogP contribution < -0.4 is 16.4 Å². The number of β-lactam (4-membered cyclic amide) rings is 1. The lowest BCUT2D eigenvalue weighted by molar-refractivity contribution is -0.150. The van der Waals surface area contributed by atoms with E-state index in [1.807, 2.05) is 0 Å². The molecule has 4 heterocycles. The van der Waals surface area contributed by atoms with Crippen LogP contribution in [0.5, 0.6) is 0 Å². The first-order valence-corrected chi connectivity index (χ1v) is 14.4. The molecule has 1 saturated heterocycles. The molecule has 2 aliphatic rings. The third kappa shape index (κ3) is 6.34. The molecular weight excluding hydrogens is 616 g/mol. The lowest BCUT2D eigenvalue weighted by Gasteiger charge is -2.49. The van der Waals surface area contributed by atoms with Gasteiger partial charge in [-0.3, -0.25) is 29.4 Å². The molecule has 17 nitrogen and oxygen atoms in total. The quantitative estimate of drug-likeness (QED) is 0.108. The van der Waals surface area contributed by atoms with E-state index in [-0.39, 0.29) is 56.7 Å². The Morgan fingerprint density at radius 1 is 1.10 bits per heavy atom. The lowest BCUT2D eigenvalue weighted by Crippen LogP contribution is -2.71. The van der Waals surface area contributed by atoms with Crippen molar-refractivity contribution in [1.82, 2.24) is 20.2 Å². The van der Waals surface area contributed by atoms with Crippen LogP contribution in [0.4, 0.5) is 10.3 Å². The number of rotatable bonds is 11. The Morgan fingerprint density at radius 3 is 2.33 bits per heavy atom. The Labute approximate surface area is 248 Å². The Kier molecular flexibility index (Phi) is 9.38. The van der Waals surface area contributed by atoms with Crippen molar-refractivity contribution in [1.29, 1.82) is 0 Å². The molecule has 2 atom stereocenters. The number of nitrogens with two attached hydrogens (primary N) is 1. The number of anilines is 2. The topological polar surface area (TPSA) is 237 Å². The van der Waals surface area contributed by atoms with Gasteiger partial charge in [-0.2, -0.15) is 0 Å². The summed E-state index contributed by atoms with van der Waals surface area (Å²) in [4.78, 5) is 80.8. The van der Waals surface area contributed by atoms with Crippen molar-refractivity contribution in [2.75, 3.05) is 37.6 Å². The van der Waals surface area contributed by atoms with E-state index in [4.69, 9.17) is 20.1 Å². The highest BCUT2D eigenvalue weighted by Crippen LogP contribution is 2.40. The number of aliphatic carboxylic acids is 1. The van der Waals surface area contributed by atoms with Crippen molar-refractivity contribution in [2.24, 2.45) is 10.3 Å². The standard InChI is InChI=1S/C22H22N8O9S3/c1-8(31)39-4-9-5-40-19-14(18(34)30(19)15(9)20(35)36)26-16(32)13(29-38-3)11-7-42-22(25-11)27-17(33)12(28-37-2)10-6-41-21(23)24-10/h6-7,14,19H,4-5H2,1-3H3,(H2,23,24)(H,26,32)(H,35,36)(H,25,27,33)/b28-12+,29-13+/t14-,19-/m1/s1. The maximum Gasteiger partial charge on any atom is 0.352 e. The summed E-state index contributed by atoms with van der Waals surface area (Å²) in [5, 5.41) is 24.7. The zero-order valence-electron chi connectivity index (χ0n) is 22.0. The Hall–Kier alpha value is -4.56. The largest absolute Gasteiger partial charge is 0.477 e. The molecule has 5 N–H and O–H groups in total. The van der Waals surface area contributed by atoms with Gasteiger partial charge in [0.2, 0.25) is 0 Å². The van der Waals surface area contributed by atoms with E-state index >= 15 is 0 Å². The molecule has 4 rings (SSSR count). The molecule has 0 aromatic carbocycles. The number of ether oxygens (including phenoxy) is 1. The van der Waals surface area contributed by atoms with Crippen molar-refractivity contribution in [2.45, 2.75) is 18.3 Å². The van der Waals surface area contributed by atoms with Gasteiger partial charge in [-0.25, -0.2) is 14.8 Å². The van der Waals surface area contributed by atoms with Gasteiger partial charge in [0, 0.05) is 29.0 Å². The lowest BCUT2D eigenvalue weighted by atomic mass is 10.0. The van der Waals surface area contributed by atoms with Crippen LogP contribution in [0.25, 0.3) is 0 Å². The number of carboxylic acid groups (broad SMARTS) is 1. The number of oxime groups is 2.